The lowest BCUT2D eigenvalue weighted by Gasteiger charge is -2.27. The van der Waals surface area contributed by atoms with Crippen LogP contribution in [0, 0.1) is 0 Å². The van der Waals surface area contributed by atoms with E-state index in [0.717, 1.165) is 0 Å². The fraction of sp³-hybridized carbons (Fsp3) is 0.545. The largest absolute Gasteiger partial charge is 0.383 e. The average Bonchev–Trinajstić information content (AvgIpc) is 2.39. The molecule has 0 aliphatic rings. The molecular formula is C11H19BrN4O3S. The average molecular weight is 367 g/mol. The Bertz CT molecular complexity index is 553. The third-order valence-electron chi connectivity index (χ3n) is 2.75. The molecule has 20 heavy (non-hydrogen) atoms. The van der Waals surface area contributed by atoms with Gasteiger partial charge in [0, 0.05) is 30.4 Å². The van der Waals surface area contributed by atoms with Crippen molar-refractivity contribution in [2.45, 2.75) is 24.8 Å². The van der Waals surface area contributed by atoms with Gasteiger partial charge in [0.2, 0.25) is 10.0 Å². The number of ether oxygens (including phenoxy) is 1. The fourth-order valence-corrected chi connectivity index (χ4v) is 4.14. The van der Waals surface area contributed by atoms with Gasteiger partial charge >= 0.3 is 0 Å². The number of likely N-dealkylation sites (N-methyl/N-ethyl adjacent to an activating group) is 1. The first-order valence-corrected chi connectivity index (χ1v) is 8.24. The number of rotatable bonds is 7. The molecule has 0 bridgehead atoms. The topological polar surface area (TPSA) is 97.5 Å². The Morgan fingerprint density at radius 1 is 1.60 bits per heavy atom. The van der Waals surface area contributed by atoms with Gasteiger partial charge in [0.1, 0.15) is 4.90 Å². The number of hydrogen-bond donors (Lipinski definition) is 2. The van der Waals surface area contributed by atoms with Gasteiger partial charge in [-0.05, 0) is 28.9 Å². The van der Waals surface area contributed by atoms with E-state index in [1.54, 1.807) is 13.8 Å². The molecule has 0 fully saturated rings. The van der Waals surface area contributed by atoms with Crippen molar-refractivity contribution in [3.05, 3.63) is 16.7 Å². The molecule has 0 saturated carbocycles. The van der Waals surface area contributed by atoms with Crippen LogP contribution in [0.25, 0.3) is 0 Å². The molecule has 1 atom stereocenters. The molecule has 0 aliphatic carbocycles. The highest BCUT2D eigenvalue weighted by molar-refractivity contribution is 9.10. The summed E-state index contributed by atoms with van der Waals surface area (Å²) in [4.78, 5) is 3.99. The summed E-state index contributed by atoms with van der Waals surface area (Å²) in [6.07, 6.45) is 1.48. The summed E-state index contributed by atoms with van der Waals surface area (Å²) in [7, 11) is -2.19. The molecule has 0 aliphatic heterocycles. The number of nitrogens with zero attached hydrogens (tertiary/aromatic N) is 2. The van der Waals surface area contributed by atoms with Gasteiger partial charge in [-0.25, -0.2) is 19.2 Å². The second-order valence-corrected chi connectivity index (χ2v) is 6.93. The van der Waals surface area contributed by atoms with Crippen molar-refractivity contribution in [1.82, 2.24) is 9.29 Å². The van der Waals surface area contributed by atoms with Crippen LogP contribution in [0.5, 0.6) is 0 Å². The smallest absolute Gasteiger partial charge is 0.247 e. The normalized spacial score (nSPS) is 13.5. The Labute approximate surface area is 127 Å². The monoisotopic (exact) mass is 366 g/mol. The van der Waals surface area contributed by atoms with E-state index in [1.807, 2.05) is 0 Å². The molecule has 1 rings (SSSR count). The Hall–Kier alpha value is -0.740. The summed E-state index contributed by atoms with van der Waals surface area (Å²) < 4.78 is 32.4. The molecule has 9 heteroatoms. The third kappa shape index (κ3) is 3.67. The van der Waals surface area contributed by atoms with E-state index in [0.29, 0.717) is 17.6 Å². The Balaban J connectivity index is 3.30. The number of nitrogens with two attached hydrogens (primary N) is 1. The lowest BCUT2D eigenvalue weighted by atomic mass is 10.4. The molecule has 0 radical (unpaired) electrons. The quantitative estimate of drug-likeness (QED) is 0.555. The minimum absolute atomic E-state index is 0.0270. The van der Waals surface area contributed by atoms with Crippen LogP contribution in [-0.2, 0) is 14.8 Å². The SMILES string of the molecule is CCN(C(C)COC)S(=O)(=O)c1cc(Br)cnc1NN. The zero-order valence-electron chi connectivity index (χ0n) is 11.6. The summed E-state index contributed by atoms with van der Waals surface area (Å²) in [5, 5.41) is 0. The zero-order chi connectivity index (χ0) is 15.3. The molecule has 1 aromatic rings. The van der Waals surface area contributed by atoms with E-state index in [4.69, 9.17) is 10.6 Å². The van der Waals surface area contributed by atoms with Crippen LogP contribution in [0.1, 0.15) is 13.8 Å². The summed E-state index contributed by atoms with van der Waals surface area (Å²) in [5.41, 5.74) is 2.31. The Morgan fingerprint density at radius 3 is 2.75 bits per heavy atom. The van der Waals surface area contributed by atoms with Gasteiger partial charge in [0.05, 0.1) is 6.61 Å². The van der Waals surface area contributed by atoms with Crippen molar-refractivity contribution >= 4 is 31.8 Å². The second-order valence-electron chi connectivity index (χ2n) is 4.16. The highest BCUT2D eigenvalue weighted by Crippen LogP contribution is 2.26. The highest BCUT2D eigenvalue weighted by Gasteiger charge is 2.30. The molecule has 1 aromatic heterocycles. The van der Waals surface area contributed by atoms with Crippen molar-refractivity contribution < 1.29 is 13.2 Å². The van der Waals surface area contributed by atoms with Crippen LogP contribution in [0.3, 0.4) is 0 Å². The molecule has 1 heterocycles. The van der Waals surface area contributed by atoms with E-state index in [2.05, 4.69) is 26.3 Å². The Morgan fingerprint density at radius 2 is 2.25 bits per heavy atom. The van der Waals surface area contributed by atoms with Crippen LogP contribution < -0.4 is 11.3 Å². The van der Waals surface area contributed by atoms with Gasteiger partial charge in [0.15, 0.2) is 5.82 Å². The lowest BCUT2D eigenvalue weighted by molar-refractivity contribution is 0.142. The van der Waals surface area contributed by atoms with Crippen LogP contribution in [0.2, 0.25) is 0 Å². The standard InChI is InChI=1S/C11H19BrN4O3S/c1-4-16(8(2)7-19-3)20(17,18)10-5-9(12)6-14-11(10)15-13/h5-6,8H,4,7,13H2,1-3H3,(H,14,15). The first kappa shape index (κ1) is 17.3. The van der Waals surface area contributed by atoms with Crippen LogP contribution >= 0.6 is 15.9 Å². The summed E-state index contributed by atoms with van der Waals surface area (Å²) in [5.74, 6) is 5.45. The second kappa shape index (κ2) is 7.32. The van der Waals surface area contributed by atoms with Crippen molar-refractivity contribution in [1.29, 1.82) is 0 Å². The van der Waals surface area contributed by atoms with Crippen molar-refractivity contribution in [2.24, 2.45) is 5.84 Å². The number of hydrazine groups is 1. The Kier molecular flexibility index (Phi) is 6.34. The van der Waals surface area contributed by atoms with E-state index in [1.165, 1.54) is 23.7 Å². The third-order valence-corrected chi connectivity index (χ3v) is 5.29. The van der Waals surface area contributed by atoms with Gasteiger partial charge < -0.3 is 10.2 Å². The number of sulfonamides is 1. The van der Waals surface area contributed by atoms with E-state index in [9.17, 15) is 8.42 Å². The van der Waals surface area contributed by atoms with Crippen molar-refractivity contribution in [2.75, 3.05) is 25.7 Å². The molecule has 0 aromatic carbocycles. The predicted octanol–water partition coefficient (Wildman–Crippen LogP) is 1.18. The maximum absolute atomic E-state index is 12.7. The number of pyridine rings is 1. The first-order chi connectivity index (χ1) is 9.38. The maximum atomic E-state index is 12.7. The van der Waals surface area contributed by atoms with Gasteiger partial charge in [0.25, 0.3) is 0 Å². The van der Waals surface area contributed by atoms with Gasteiger partial charge in [-0.2, -0.15) is 4.31 Å². The molecule has 1 unspecified atom stereocenters. The minimum Gasteiger partial charge on any atom is -0.383 e. The molecule has 7 nitrogen and oxygen atoms in total. The first-order valence-electron chi connectivity index (χ1n) is 6.01. The van der Waals surface area contributed by atoms with Crippen LogP contribution in [0.4, 0.5) is 5.82 Å². The van der Waals surface area contributed by atoms with Crippen molar-refractivity contribution in [3.63, 3.8) is 0 Å². The number of nitrogens with one attached hydrogen (secondary N) is 1. The summed E-state index contributed by atoms with van der Waals surface area (Å²) in [6, 6.07) is 1.18. The van der Waals surface area contributed by atoms with Crippen LogP contribution in [-0.4, -0.2) is 44.0 Å². The fourth-order valence-electron chi connectivity index (χ4n) is 1.89. The predicted molar refractivity (Wildman–Crippen MR) is 80.7 cm³/mol. The van der Waals surface area contributed by atoms with Crippen LogP contribution in [0.15, 0.2) is 21.6 Å². The van der Waals surface area contributed by atoms with Gasteiger partial charge in [-0.15, -0.1) is 0 Å². The molecule has 0 saturated heterocycles. The number of methoxy groups -OCH3 is 1. The zero-order valence-corrected chi connectivity index (χ0v) is 14.0. The minimum atomic E-state index is -3.72. The lowest BCUT2D eigenvalue weighted by Crippen LogP contribution is -2.41. The summed E-state index contributed by atoms with van der Waals surface area (Å²) >= 11 is 3.22. The number of aromatic nitrogens is 1. The van der Waals surface area contributed by atoms with Gasteiger partial charge in [-0.3, -0.25) is 0 Å². The number of nitrogen functional groups attached to an aromatic ring is 1. The van der Waals surface area contributed by atoms with E-state index in [-0.39, 0.29) is 16.8 Å². The van der Waals surface area contributed by atoms with E-state index >= 15 is 0 Å². The molecular weight excluding hydrogens is 348 g/mol. The molecule has 0 amide bonds. The molecule has 114 valence electrons. The number of hydrogen-bond acceptors (Lipinski definition) is 6. The van der Waals surface area contributed by atoms with E-state index < -0.39 is 10.0 Å². The molecule has 0 spiro atoms. The molecule has 3 N–H and O–H groups in total. The van der Waals surface area contributed by atoms with Gasteiger partial charge in [-0.1, -0.05) is 6.92 Å². The number of halogens is 1. The maximum Gasteiger partial charge on any atom is 0.247 e. The van der Waals surface area contributed by atoms with Crippen molar-refractivity contribution in [3.8, 4) is 0 Å². The summed E-state index contributed by atoms with van der Waals surface area (Å²) in [6.45, 7) is 4.18. The highest BCUT2D eigenvalue weighted by atomic mass is 79.9. The number of anilines is 1.